The summed E-state index contributed by atoms with van der Waals surface area (Å²) in [6.07, 6.45) is 0.257. The summed E-state index contributed by atoms with van der Waals surface area (Å²) in [6, 6.07) is 8.20. The lowest BCUT2D eigenvalue weighted by Gasteiger charge is -2.26. The maximum Gasteiger partial charge on any atom is 0.255 e. The van der Waals surface area contributed by atoms with Crippen molar-refractivity contribution >= 4 is 11.8 Å². The zero-order chi connectivity index (χ0) is 17.4. The minimum Gasteiger partial charge on any atom is -0.496 e. The van der Waals surface area contributed by atoms with Crippen molar-refractivity contribution in [1.82, 2.24) is 10.2 Å². The highest BCUT2D eigenvalue weighted by molar-refractivity contribution is 5.99. The molecule has 0 radical (unpaired) electrons. The van der Waals surface area contributed by atoms with E-state index >= 15 is 0 Å². The highest BCUT2D eigenvalue weighted by Gasteiger charge is 2.27. The predicted octanol–water partition coefficient (Wildman–Crippen LogP) is 1.82. The molecule has 1 rings (SSSR count). The van der Waals surface area contributed by atoms with Crippen LogP contribution in [0.25, 0.3) is 0 Å². The number of rotatable bonds is 7. The van der Waals surface area contributed by atoms with E-state index in [9.17, 15) is 9.59 Å². The zero-order valence-corrected chi connectivity index (χ0v) is 14.0. The number of amides is 2. The Labute approximate surface area is 137 Å². The third-order valence-electron chi connectivity index (χ3n) is 3.51. The Kier molecular flexibility index (Phi) is 7.07. The Morgan fingerprint density at radius 2 is 2.00 bits per heavy atom. The molecule has 0 aliphatic heterocycles. The number of para-hydroxylation sites is 1. The number of hydrogen-bond donors (Lipinski definition) is 1. The van der Waals surface area contributed by atoms with Crippen LogP contribution in [0.1, 0.15) is 30.6 Å². The van der Waals surface area contributed by atoms with Crippen molar-refractivity contribution in [2.24, 2.45) is 5.92 Å². The summed E-state index contributed by atoms with van der Waals surface area (Å²) in [5.41, 5.74) is 0.383. The summed E-state index contributed by atoms with van der Waals surface area (Å²) in [7, 11) is 3.12. The topological polar surface area (TPSA) is 82.4 Å². The Bertz CT molecular complexity index is 593. The summed E-state index contributed by atoms with van der Waals surface area (Å²) in [6.45, 7) is 4.06. The van der Waals surface area contributed by atoms with E-state index < -0.39 is 6.04 Å². The highest BCUT2D eigenvalue weighted by atomic mass is 16.5. The van der Waals surface area contributed by atoms with Crippen molar-refractivity contribution in [3.05, 3.63) is 29.8 Å². The van der Waals surface area contributed by atoms with Gasteiger partial charge in [0.25, 0.3) is 5.91 Å². The monoisotopic (exact) mass is 317 g/mol. The van der Waals surface area contributed by atoms with Crippen molar-refractivity contribution in [2.45, 2.75) is 26.3 Å². The molecule has 6 nitrogen and oxygen atoms in total. The van der Waals surface area contributed by atoms with Gasteiger partial charge in [0, 0.05) is 13.6 Å². The van der Waals surface area contributed by atoms with Gasteiger partial charge in [-0.2, -0.15) is 5.26 Å². The average molecular weight is 317 g/mol. The fraction of sp³-hybridized carbons (Fsp3) is 0.471. The molecule has 0 spiro atoms. The summed E-state index contributed by atoms with van der Waals surface area (Å²) < 4.78 is 5.18. The molecule has 0 aliphatic carbocycles. The smallest absolute Gasteiger partial charge is 0.255 e. The molecule has 0 heterocycles. The molecular weight excluding hydrogens is 294 g/mol. The SMILES string of the molecule is COc1ccccc1C(=O)NC(C(=O)N(C)CCC#N)C(C)C. The first-order valence-electron chi connectivity index (χ1n) is 7.48. The van der Waals surface area contributed by atoms with Gasteiger partial charge < -0.3 is 15.0 Å². The summed E-state index contributed by atoms with van der Waals surface area (Å²) in [5, 5.41) is 11.4. The van der Waals surface area contributed by atoms with Crippen molar-refractivity contribution in [3.63, 3.8) is 0 Å². The Balaban J connectivity index is 2.89. The number of nitrogens with one attached hydrogen (secondary N) is 1. The number of benzene rings is 1. The second kappa shape index (κ2) is 8.79. The second-order valence-corrected chi connectivity index (χ2v) is 5.56. The van der Waals surface area contributed by atoms with Crippen LogP contribution in [0.15, 0.2) is 24.3 Å². The molecule has 1 aromatic rings. The van der Waals surface area contributed by atoms with Crippen molar-refractivity contribution in [3.8, 4) is 11.8 Å². The molecule has 1 unspecified atom stereocenters. The number of nitrogens with zero attached hydrogens (tertiary/aromatic N) is 2. The number of nitriles is 1. The normalized spacial score (nSPS) is 11.5. The average Bonchev–Trinajstić information content (AvgIpc) is 2.56. The van der Waals surface area contributed by atoms with Crippen LogP contribution in [0.3, 0.4) is 0 Å². The van der Waals surface area contributed by atoms with E-state index in [4.69, 9.17) is 10.00 Å². The first kappa shape index (κ1) is 18.5. The van der Waals surface area contributed by atoms with Gasteiger partial charge in [0.15, 0.2) is 0 Å². The van der Waals surface area contributed by atoms with Gasteiger partial charge in [-0.3, -0.25) is 9.59 Å². The van der Waals surface area contributed by atoms with Gasteiger partial charge in [0.05, 0.1) is 25.2 Å². The first-order valence-corrected chi connectivity index (χ1v) is 7.48. The summed E-state index contributed by atoms with van der Waals surface area (Å²) in [4.78, 5) is 26.4. The van der Waals surface area contributed by atoms with Gasteiger partial charge >= 0.3 is 0 Å². The fourth-order valence-corrected chi connectivity index (χ4v) is 2.13. The molecule has 23 heavy (non-hydrogen) atoms. The van der Waals surface area contributed by atoms with Gasteiger partial charge in [0.1, 0.15) is 11.8 Å². The molecule has 0 saturated carbocycles. The lowest BCUT2D eigenvalue weighted by atomic mass is 10.0. The lowest BCUT2D eigenvalue weighted by molar-refractivity contribution is -0.132. The number of hydrogen-bond acceptors (Lipinski definition) is 4. The molecular formula is C17H23N3O3. The third kappa shape index (κ3) is 4.99. The standard InChI is InChI=1S/C17H23N3O3/c1-12(2)15(17(22)20(3)11-7-10-18)19-16(21)13-8-5-6-9-14(13)23-4/h5-6,8-9,12,15H,7,11H2,1-4H3,(H,19,21). The minimum atomic E-state index is -0.656. The first-order chi connectivity index (χ1) is 10.9. The van der Waals surface area contributed by atoms with Crippen LogP contribution in [-0.2, 0) is 4.79 Å². The van der Waals surface area contributed by atoms with E-state index in [1.165, 1.54) is 12.0 Å². The van der Waals surface area contributed by atoms with Gasteiger partial charge in [-0.25, -0.2) is 0 Å². The van der Waals surface area contributed by atoms with Crippen LogP contribution in [0.4, 0.5) is 0 Å². The minimum absolute atomic E-state index is 0.0781. The number of methoxy groups -OCH3 is 1. The largest absolute Gasteiger partial charge is 0.496 e. The van der Waals surface area contributed by atoms with E-state index in [0.717, 1.165) is 0 Å². The molecule has 0 aromatic heterocycles. The van der Waals surface area contributed by atoms with E-state index in [1.54, 1.807) is 31.3 Å². The van der Waals surface area contributed by atoms with E-state index in [1.807, 2.05) is 19.9 Å². The van der Waals surface area contributed by atoms with Crippen LogP contribution in [-0.4, -0.2) is 43.5 Å². The maximum atomic E-state index is 12.5. The number of ether oxygens (including phenoxy) is 1. The third-order valence-corrected chi connectivity index (χ3v) is 3.51. The lowest BCUT2D eigenvalue weighted by Crippen LogP contribution is -2.50. The maximum absolute atomic E-state index is 12.5. The molecule has 124 valence electrons. The molecule has 1 aromatic carbocycles. The molecule has 0 aliphatic rings. The van der Waals surface area contributed by atoms with E-state index in [-0.39, 0.29) is 24.2 Å². The van der Waals surface area contributed by atoms with Crippen molar-refractivity contribution in [1.29, 1.82) is 5.26 Å². The highest BCUT2D eigenvalue weighted by Crippen LogP contribution is 2.18. The van der Waals surface area contributed by atoms with Crippen LogP contribution in [0.5, 0.6) is 5.75 Å². The zero-order valence-electron chi connectivity index (χ0n) is 14.0. The van der Waals surface area contributed by atoms with Crippen molar-refractivity contribution < 1.29 is 14.3 Å². The Morgan fingerprint density at radius 1 is 1.35 bits per heavy atom. The van der Waals surface area contributed by atoms with Crippen LogP contribution in [0.2, 0.25) is 0 Å². The van der Waals surface area contributed by atoms with Crippen LogP contribution in [0, 0.1) is 17.2 Å². The van der Waals surface area contributed by atoms with Crippen molar-refractivity contribution in [2.75, 3.05) is 20.7 Å². The van der Waals surface area contributed by atoms with Gasteiger partial charge in [0.2, 0.25) is 5.91 Å². The summed E-state index contributed by atoms with van der Waals surface area (Å²) in [5.74, 6) is -0.190. The second-order valence-electron chi connectivity index (χ2n) is 5.56. The molecule has 0 fully saturated rings. The number of carbonyl (C=O) groups is 2. The van der Waals surface area contributed by atoms with Crippen LogP contribution < -0.4 is 10.1 Å². The molecule has 1 atom stereocenters. The number of carbonyl (C=O) groups excluding carboxylic acids is 2. The predicted molar refractivity (Wildman–Crippen MR) is 87.0 cm³/mol. The molecule has 0 saturated heterocycles. The van der Waals surface area contributed by atoms with E-state index in [2.05, 4.69) is 5.32 Å². The summed E-state index contributed by atoms with van der Waals surface area (Å²) >= 11 is 0. The van der Waals surface area contributed by atoms with Crippen LogP contribution >= 0.6 is 0 Å². The van der Waals surface area contributed by atoms with Gasteiger partial charge in [-0.15, -0.1) is 0 Å². The molecule has 2 amide bonds. The van der Waals surface area contributed by atoms with Gasteiger partial charge in [-0.05, 0) is 18.1 Å². The Morgan fingerprint density at radius 3 is 2.57 bits per heavy atom. The van der Waals surface area contributed by atoms with E-state index in [0.29, 0.717) is 17.9 Å². The quantitative estimate of drug-likeness (QED) is 0.831. The number of likely N-dealkylation sites (N-methyl/N-ethyl adjacent to an activating group) is 1. The Hall–Kier alpha value is -2.55. The molecule has 6 heteroatoms. The molecule has 1 N–H and O–H groups in total. The molecule has 0 bridgehead atoms. The van der Waals surface area contributed by atoms with Gasteiger partial charge in [-0.1, -0.05) is 26.0 Å². The fourth-order valence-electron chi connectivity index (χ4n) is 2.13.